The molecule has 0 bridgehead atoms. The van der Waals surface area contributed by atoms with Crippen LogP contribution < -0.4 is 5.30 Å². The van der Waals surface area contributed by atoms with Gasteiger partial charge in [-0.15, -0.1) is 0 Å². The maximum atomic E-state index is 11.8. The molecule has 0 aliphatic heterocycles. The predicted molar refractivity (Wildman–Crippen MR) is 62.8 cm³/mol. The lowest BCUT2D eigenvalue weighted by Crippen LogP contribution is -2.06. The van der Waals surface area contributed by atoms with Gasteiger partial charge in [-0.3, -0.25) is 9.36 Å². The minimum absolute atomic E-state index is 0.0134. The summed E-state index contributed by atoms with van der Waals surface area (Å²) >= 11 is 0. The lowest BCUT2D eigenvalue weighted by atomic mass is 10.2. The maximum absolute atomic E-state index is 11.8. The predicted octanol–water partition coefficient (Wildman–Crippen LogP) is 1.89. The summed E-state index contributed by atoms with van der Waals surface area (Å²) in [5.41, 5.74) is 1.92. The van der Waals surface area contributed by atoms with Crippen LogP contribution in [0, 0.1) is 13.8 Å². The second-order valence-electron chi connectivity index (χ2n) is 3.60. The van der Waals surface area contributed by atoms with E-state index in [-0.39, 0.29) is 13.0 Å². The fourth-order valence-electron chi connectivity index (χ4n) is 1.26. The van der Waals surface area contributed by atoms with Gasteiger partial charge in [-0.05, 0) is 25.5 Å². The molecular formula is C11H15O4P. The minimum atomic E-state index is -2.33. The van der Waals surface area contributed by atoms with Crippen LogP contribution in [0.25, 0.3) is 0 Å². The molecule has 1 aromatic rings. The first-order valence-electron chi connectivity index (χ1n) is 4.97. The van der Waals surface area contributed by atoms with Crippen molar-refractivity contribution in [2.24, 2.45) is 0 Å². The van der Waals surface area contributed by atoms with E-state index in [2.05, 4.69) is 0 Å². The summed E-state index contributed by atoms with van der Waals surface area (Å²) in [7, 11) is -2.33. The van der Waals surface area contributed by atoms with Gasteiger partial charge >= 0.3 is 5.97 Å². The van der Waals surface area contributed by atoms with Crippen molar-refractivity contribution in [3.63, 3.8) is 0 Å². The summed E-state index contributed by atoms with van der Waals surface area (Å²) in [5.74, 6) is -0.948. The smallest absolute Gasteiger partial charge is 0.305 e. The van der Waals surface area contributed by atoms with Crippen molar-refractivity contribution in [3.8, 4) is 0 Å². The molecule has 1 unspecified atom stereocenters. The molecule has 0 spiro atoms. The van der Waals surface area contributed by atoms with Crippen LogP contribution in [0.4, 0.5) is 0 Å². The third kappa shape index (κ3) is 3.80. The highest BCUT2D eigenvalue weighted by atomic mass is 31.1. The second-order valence-corrected chi connectivity index (χ2v) is 5.00. The van der Waals surface area contributed by atoms with E-state index in [1.165, 1.54) is 0 Å². The zero-order valence-electron chi connectivity index (χ0n) is 9.32. The third-order valence-electron chi connectivity index (χ3n) is 2.16. The summed E-state index contributed by atoms with van der Waals surface area (Å²) in [6.07, 6.45) is -0.124. The van der Waals surface area contributed by atoms with Crippen LogP contribution >= 0.6 is 8.03 Å². The second kappa shape index (κ2) is 5.83. The highest BCUT2D eigenvalue weighted by Gasteiger charge is 2.08. The Morgan fingerprint density at radius 3 is 2.75 bits per heavy atom. The fraction of sp³-hybridized carbons (Fsp3) is 0.364. The number of carboxylic acids is 1. The molecule has 0 aliphatic rings. The molecule has 0 amide bonds. The molecule has 0 aromatic heterocycles. The van der Waals surface area contributed by atoms with Gasteiger partial charge in [-0.1, -0.05) is 17.7 Å². The van der Waals surface area contributed by atoms with Gasteiger partial charge < -0.3 is 9.63 Å². The van der Waals surface area contributed by atoms with E-state index in [1.54, 1.807) is 0 Å². The van der Waals surface area contributed by atoms with Gasteiger partial charge in [0.2, 0.25) is 8.03 Å². The monoisotopic (exact) mass is 242 g/mol. The van der Waals surface area contributed by atoms with Gasteiger partial charge in [-0.25, -0.2) is 0 Å². The summed E-state index contributed by atoms with van der Waals surface area (Å²) in [5, 5.41) is 9.10. The first-order chi connectivity index (χ1) is 7.50. The van der Waals surface area contributed by atoms with E-state index in [1.807, 2.05) is 32.0 Å². The van der Waals surface area contributed by atoms with Crippen molar-refractivity contribution in [1.29, 1.82) is 0 Å². The van der Waals surface area contributed by atoms with Crippen LogP contribution in [0.1, 0.15) is 17.5 Å². The molecule has 0 fully saturated rings. The Morgan fingerprint density at radius 2 is 2.12 bits per heavy atom. The van der Waals surface area contributed by atoms with Crippen molar-refractivity contribution < 1.29 is 19.0 Å². The van der Waals surface area contributed by atoms with Gasteiger partial charge in [0.1, 0.15) is 0 Å². The van der Waals surface area contributed by atoms with E-state index >= 15 is 0 Å². The summed E-state index contributed by atoms with van der Waals surface area (Å²) in [6, 6.07) is 5.64. The SMILES string of the molecule is Cc1ccc(C)c([PH](=O)OCCC(=O)O)c1. The van der Waals surface area contributed by atoms with Crippen LogP contribution in [0.3, 0.4) is 0 Å². The lowest BCUT2D eigenvalue weighted by Gasteiger charge is -2.07. The van der Waals surface area contributed by atoms with E-state index in [0.29, 0.717) is 5.30 Å². The van der Waals surface area contributed by atoms with Crippen molar-refractivity contribution in [2.75, 3.05) is 6.61 Å². The summed E-state index contributed by atoms with van der Waals surface area (Å²) < 4.78 is 16.8. The van der Waals surface area contributed by atoms with Gasteiger partial charge in [-0.2, -0.15) is 0 Å². The number of hydrogen-bond acceptors (Lipinski definition) is 3. The molecule has 0 heterocycles. The Morgan fingerprint density at radius 1 is 1.44 bits per heavy atom. The Bertz CT molecular complexity index is 414. The minimum Gasteiger partial charge on any atom is -0.481 e. The molecule has 0 aliphatic carbocycles. The first kappa shape index (κ1) is 12.9. The van der Waals surface area contributed by atoms with Crippen molar-refractivity contribution in [1.82, 2.24) is 0 Å². The Kier molecular flexibility index (Phi) is 4.71. The summed E-state index contributed by atoms with van der Waals surface area (Å²) in [6.45, 7) is 3.76. The lowest BCUT2D eigenvalue weighted by molar-refractivity contribution is -0.137. The molecule has 4 nitrogen and oxygen atoms in total. The number of benzene rings is 1. The van der Waals surface area contributed by atoms with E-state index < -0.39 is 14.0 Å². The molecule has 0 radical (unpaired) electrons. The van der Waals surface area contributed by atoms with Crippen molar-refractivity contribution >= 4 is 19.3 Å². The molecule has 0 saturated carbocycles. The van der Waals surface area contributed by atoms with E-state index in [4.69, 9.17) is 9.63 Å². The fourth-order valence-corrected chi connectivity index (χ4v) is 2.46. The number of aliphatic carboxylic acids is 1. The zero-order valence-corrected chi connectivity index (χ0v) is 10.3. The molecule has 0 saturated heterocycles. The van der Waals surface area contributed by atoms with Crippen LogP contribution in [0.15, 0.2) is 18.2 Å². The largest absolute Gasteiger partial charge is 0.481 e. The quantitative estimate of drug-likeness (QED) is 0.801. The molecule has 1 aromatic carbocycles. The normalized spacial score (nSPS) is 12.4. The van der Waals surface area contributed by atoms with Crippen molar-refractivity contribution in [3.05, 3.63) is 29.3 Å². The molecular weight excluding hydrogens is 227 g/mol. The molecule has 5 heteroatoms. The number of rotatable bonds is 5. The number of carboxylic acid groups (broad SMARTS) is 1. The highest BCUT2D eigenvalue weighted by Crippen LogP contribution is 2.24. The molecule has 1 rings (SSSR count). The highest BCUT2D eigenvalue weighted by molar-refractivity contribution is 7.48. The molecule has 1 atom stereocenters. The Labute approximate surface area is 95.1 Å². The van der Waals surface area contributed by atoms with Crippen LogP contribution in [-0.4, -0.2) is 17.7 Å². The first-order valence-corrected chi connectivity index (χ1v) is 6.28. The zero-order chi connectivity index (χ0) is 12.1. The van der Waals surface area contributed by atoms with Gasteiger partial charge in [0.25, 0.3) is 0 Å². The summed E-state index contributed by atoms with van der Waals surface area (Å²) in [4.78, 5) is 10.3. The number of hydrogen-bond donors (Lipinski definition) is 1. The average Bonchev–Trinajstić information content (AvgIpc) is 2.21. The number of carbonyl (C=O) groups is 1. The van der Waals surface area contributed by atoms with Crippen molar-refractivity contribution in [2.45, 2.75) is 20.3 Å². The van der Waals surface area contributed by atoms with Crippen LogP contribution in [-0.2, 0) is 13.9 Å². The van der Waals surface area contributed by atoms with E-state index in [0.717, 1.165) is 11.1 Å². The van der Waals surface area contributed by atoms with Gasteiger partial charge in [0.05, 0.1) is 13.0 Å². The molecule has 1 N–H and O–H groups in total. The average molecular weight is 242 g/mol. The third-order valence-corrected chi connectivity index (χ3v) is 3.61. The number of aryl methyl sites for hydroxylation is 2. The Hall–Kier alpha value is -1.12. The van der Waals surface area contributed by atoms with Gasteiger partial charge in [0.15, 0.2) is 0 Å². The molecule has 88 valence electrons. The Balaban J connectivity index is 2.65. The van der Waals surface area contributed by atoms with Gasteiger partial charge in [0, 0.05) is 5.30 Å². The standard InChI is InChI=1S/C11H15O4P/c1-8-3-4-9(2)10(7-8)16(14)15-6-5-11(12)13/h3-4,7,16H,5-6H2,1-2H3,(H,12,13). The van der Waals surface area contributed by atoms with E-state index in [9.17, 15) is 9.36 Å². The van der Waals surface area contributed by atoms with Crippen LogP contribution in [0.5, 0.6) is 0 Å². The topological polar surface area (TPSA) is 63.6 Å². The maximum Gasteiger partial charge on any atom is 0.305 e. The molecule has 16 heavy (non-hydrogen) atoms. The van der Waals surface area contributed by atoms with Crippen LogP contribution in [0.2, 0.25) is 0 Å².